The number of hydrogen-bond donors (Lipinski definition) is 3. The van der Waals surface area contributed by atoms with Crippen LogP contribution in [0.15, 0.2) is 36.4 Å². The fourth-order valence-electron chi connectivity index (χ4n) is 4.08. The summed E-state index contributed by atoms with van der Waals surface area (Å²) in [5, 5.41) is 3.89. The van der Waals surface area contributed by atoms with Gasteiger partial charge in [-0.05, 0) is 20.3 Å². The molecule has 2 aromatic rings. The zero-order valence-corrected chi connectivity index (χ0v) is 17.9. The summed E-state index contributed by atoms with van der Waals surface area (Å²) in [6.07, 6.45) is 0.409. The Morgan fingerprint density at radius 1 is 1.14 bits per heavy atom. The van der Waals surface area contributed by atoms with Gasteiger partial charge in [-0.1, -0.05) is 30.3 Å². The lowest BCUT2D eigenvalue weighted by Gasteiger charge is -2.21. The molecule has 9 nitrogen and oxygen atoms in total. The van der Waals surface area contributed by atoms with Crippen LogP contribution in [0.2, 0.25) is 0 Å². The van der Waals surface area contributed by atoms with Crippen LogP contribution in [0.1, 0.15) is 26.3 Å². The quantitative estimate of drug-likeness (QED) is 0.633. The molecule has 3 N–H and O–H groups in total. The van der Waals surface area contributed by atoms with E-state index in [1.54, 1.807) is 19.9 Å². The van der Waals surface area contributed by atoms with Crippen LogP contribution < -0.4 is 15.6 Å². The molecule has 1 aromatic carbocycles. The predicted molar refractivity (Wildman–Crippen MR) is 111 cm³/mol. The van der Waals surface area contributed by atoms with Crippen molar-refractivity contribution >= 4 is 25.7 Å². The Bertz CT molecular complexity index is 1090. The van der Waals surface area contributed by atoms with Gasteiger partial charge in [0.1, 0.15) is 11.1 Å². The highest BCUT2D eigenvalue weighted by molar-refractivity contribution is 7.93. The fourth-order valence-corrected chi connectivity index (χ4v) is 7.56. The largest absolute Gasteiger partial charge is 0.267 e. The van der Waals surface area contributed by atoms with E-state index in [-0.39, 0.29) is 29.4 Å². The van der Waals surface area contributed by atoms with Crippen molar-refractivity contribution in [3.8, 4) is 11.3 Å². The lowest BCUT2D eigenvalue weighted by molar-refractivity contribution is 0.506. The monoisotopic (exact) mass is 439 g/mol. The molecule has 0 saturated carbocycles. The van der Waals surface area contributed by atoms with Crippen molar-refractivity contribution in [2.75, 3.05) is 16.2 Å². The number of rotatable bonds is 5. The second-order valence-corrected chi connectivity index (χ2v) is 11.8. The molecule has 29 heavy (non-hydrogen) atoms. The van der Waals surface area contributed by atoms with E-state index in [4.69, 9.17) is 0 Å². The average Bonchev–Trinajstić information content (AvgIpc) is 3.32. The van der Waals surface area contributed by atoms with Crippen molar-refractivity contribution in [2.45, 2.75) is 43.6 Å². The Morgan fingerprint density at radius 2 is 1.79 bits per heavy atom. The lowest BCUT2D eigenvalue weighted by Crippen LogP contribution is -2.41. The second-order valence-electron chi connectivity index (χ2n) is 7.76. The van der Waals surface area contributed by atoms with Crippen LogP contribution in [-0.4, -0.2) is 55.5 Å². The number of sulfonamides is 1. The van der Waals surface area contributed by atoms with E-state index >= 15 is 0 Å². The molecule has 2 aliphatic rings. The smallest absolute Gasteiger partial charge is 0.239 e. The second kappa shape index (κ2) is 7.38. The van der Waals surface area contributed by atoms with Gasteiger partial charge in [0, 0.05) is 23.7 Å². The third-order valence-electron chi connectivity index (χ3n) is 5.49. The van der Waals surface area contributed by atoms with Crippen LogP contribution >= 0.6 is 0 Å². The van der Waals surface area contributed by atoms with Gasteiger partial charge in [-0.25, -0.2) is 21.5 Å². The number of anilines is 1. The molecule has 0 aliphatic carbocycles. The zero-order valence-electron chi connectivity index (χ0n) is 16.2. The van der Waals surface area contributed by atoms with E-state index in [2.05, 4.69) is 20.7 Å². The Morgan fingerprint density at radius 3 is 2.38 bits per heavy atom. The Labute approximate surface area is 170 Å². The molecule has 2 saturated heterocycles. The fraction of sp³-hybridized carbons (Fsp3) is 0.500. The molecule has 2 fully saturated rings. The van der Waals surface area contributed by atoms with E-state index in [0.717, 1.165) is 5.56 Å². The highest BCUT2D eigenvalue weighted by Gasteiger charge is 2.41. The van der Waals surface area contributed by atoms with E-state index in [0.29, 0.717) is 12.1 Å². The van der Waals surface area contributed by atoms with E-state index in [9.17, 15) is 16.8 Å². The molecule has 4 rings (SSSR count). The van der Waals surface area contributed by atoms with Crippen LogP contribution in [0.25, 0.3) is 11.3 Å². The van der Waals surface area contributed by atoms with Gasteiger partial charge < -0.3 is 0 Å². The molecule has 3 unspecified atom stereocenters. The van der Waals surface area contributed by atoms with Crippen molar-refractivity contribution in [3.63, 3.8) is 0 Å². The first-order valence-electron chi connectivity index (χ1n) is 9.54. The first-order valence-corrected chi connectivity index (χ1v) is 12.9. The van der Waals surface area contributed by atoms with Crippen molar-refractivity contribution in [2.24, 2.45) is 0 Å². The van der Waals surface area contributed by atoms with Gasteiger partial charge in [0.2, 0.25) is 10.0 Å². The van der Waals surface area contributed by atoms with Crippen molar-refractivity contribution < 1.29 is 16.8 Å². The summed E-state index contributed by atoms with van der Waals surface area (Å²) in [5.74, 6) is 0.323. The van der Waals surface area contributed by atoms with E-state index in [1.807, 2.05) is 30.3 Å². The normalized spacial score (nSPS) is 29.2. The molecule has 0 bridgehead atoms. The molecule has 0 amide bonds. The van der Waals surface area contributed by atoms with Crippen LogP contribution in [0.3, 0.4) is 0 Å². The van der Waals surface area contributed by atoms with Gasteiger partial charge in [0.05, 0.1) is 23.2 Å². The molecule has 11 heteroatoms. The predicted octanol–water partition coefficient (Wildman–Crippen LogP) is 0.905. The van der Waals surface area contributed by atoms with E-state index < -0.39 is 31.2 Å². The van der Waals surface area contributed by atoms with Gasteiger partial charge >= 0.3 is 0 Å². The van der Waals surface area contributed by atoms with Gasteiger partial charge in [0.25, 0.3) is 0 Å². The lowest BCUT2D eigenvalue weighted by atomic mass is 10.2. The summed E-state index contributed by atoms with van der Waals surface area (Å²) in [7, 11) is -6.90. The molecular weight excluding hydrogens is 414 g/mol. The third-order valence-corrected chi connectivity index (χ3v) is 9.27. The summed E-state index contributed by atoms with van der Waals surface area (Å²) in [6.45, 7) is 3.60. The van der Waals surface area contributed by atoms with Crippen LogP contribution in [-0.2, 0) is 19.9 Å². The number of hydrazine groups is 1. The summed E-state index contributed by atoms with van der Waals surface area (Å²) >= 11 is 0. The SMILES string of the molecule is CC1NNC(C)C1S(=O)(=O)Nc1cc(-c2ccccc2)nn1C1CCS(=O)(=O)C1. The number of hydrogen-bond acceptors (Lipinski definition) is 7. The number of benzene rings is 1. The molecule has 3 atom stereocenters. The maximum absolute atomic E-state index is 13.1. The number of nitrogens with zero attached hydrogens (tertiary/aromatic N) is 2. The Hall–Kier alpha value is -1.95. The molecule has 0 radical (unpaired) electrons. The van der Waals surface area contributed by atoms with Gasteiger partial charge in [-0.3, -0.25) is 15.6 Å². The molecule has 2 aliphatic heterocycles. The summed E-state index contributed by atoms with van der Waals surface area (Å²) in [5.41, 5.74) is 7.33. The highest BCUT2D eigenvalue weighted by atomic mass is 32.2. The zero-order chi connectivity index (χ0) is 20.8. The molecular formula is C18H25N5O4S2. The van der Waals surface area contributed by atoms with Gasteiger partial charge in [-0.15, -0.1) is 0 Å². The average molecular weight is 440 g/mol. The molecule has 158 valence electrons. The standard InChI is InChI=1S/C18H25N5O4S2/c1-12-18(13(2)20-19-12)29(26,27)22-17-10-16(14-6-4-3-5-7-14)21-23(17)15-8-9-28(24,25)11-15/h3-7,10,12-13,15,18-20,22H,8-9,11H2,1-2H3. The first-order chi connectivity index (χ1) is 13.7. The molecule has 3 heterocycles. The van der Waals surface area contributed by atoms with Crippen molar-refractivity contribution in [3.05, 3.63) is 36.4 Å². The highest BCUT2D eigenvalue weighted by Crippen LogP contribution is 2.31. The maximum atomic E-state index is 13.1. The maximum Gasteiger partial charge on any atom is 0.239 e. The number of sulfone groups is 1. The van der Waals surface area contributed by atoms with Crippen molar-refractivity contribution in [1.82, 2.24) is 20.6 Å². The minimum absolute atomic E-state index is 0.0447. The van der Waals surface area contributed by atoms with Gasteiger partial charge in [0.15, 0.2) is 9.84 Å². The Kier molecular flexibility index (Phi) is 5.18. The minimum Gasteiger partial charge on any atom is -0.267 e. The topological polar surface area (TPSA) is 122 Å². The molecule has 0 spiro atoms. The molecule has 1 aromatic heterocycles. The minimum atomic E-state index is -3.75. The van der Waals surface area contributed by atoms with Crippen LogP contribution in [0.5, 0.6) is 0 Å². The number of nitrogens with one attached hydrogen (secondary N) is 3. The van der Waals surface area contributed by atoms with Crippen LogP contribution in [0, 0.1) is 0 Å². The summed E-state index contributed by atoms with van der Waals surface area (Å²) < 4.78 is 54.4. The summed E-state index contributed by atoms with van der Waals surface area (Å²) in [4.78, 5) is 0. The first kappa shape index (κ1) is 20.3. The summed E-state index contributed by atoms with van der Waals surface area (Å²) in [6, 6.07) is 10.1. The third kappa shape index (κ3) is 4.04. The number of aromatic nitrogens is 2. The van der Waals surface area contributed by atoms with E-state index in [1.165, 1.54) is 4.68 Å². The van der Waals surface area contributed by atoms with Gasteiger partial charge in [-0.2, -0.15) is 5.10 Å². The van der Waals surface area contributed by atoms with Crippen molar-refractivity contribution in [1.29, 1.82) is 0 Å². The Balaban J connectivity index is 1.72. The van der Waals surface area contributed by atoms with Crippen LogP contribution in [0.4, 0.5) is 5.82 Å².